The maximum absolute atomic E-state index is 12.6. The van der Waals surface area contributed by atoms with Crippen molar-refractivity contribution in [2.75, 3.05) is 11.9 Å². The van der Waals surface area contributed by atoms with Gasteiger partial charge >= 0.3 is 6.18 Å². The van der Waals surface area contributed by atoms with Gasteiger partial charge in [0.1, 0.15) is 0 Å². The van der Waals surface area contributed by atoms with Gasteiger partial charge in [0.15, 0.2) is 0 Å². The highest BCUT2D eigenvalue weighted by molar-refractivity contribution is 5.92. The largest absolute Gasteiger partial charge is 0.416 e. The lowest BCUT2D eigenvalue weighted by Crippen LogP contribution is -2.35. The van der Waals surface area contributed by atoms with E-state index >= 15 is 0 Å². The van der Waals surface area contributed by atoms with Crippen LogP contribution in [-0.2, 0) is 11.0 Å². The summed E-state index contributed by atoms with van der Waals surface area (Å²) < 4.78 is 37.9. The lowest BCUT2D eigenvalue weighted by molar-refractivity contribution is -0.137. The number of carbonyl (C=O) groups is 1. The minimum Gasteiger partial charge on any atom is -0.330 e. The van der Waals surface area contributed by atoms with E-state index in [-0.39, 0.29) is 23.4 Å². The molecule has 0 bridgehead atoms. The third-order valence-electron chi connectivity index (χ3n) is 4.01. The van der Waals surface area contributed by atoms with Gasteiger partial charge in [-0.25, -0.2) is 0 Å². The summed E-state index contributed by atoms with van der Waals surface area (Å²) in [4.78, 5) is 12.2. The lowest BCUT2D eigenvalue weighted by Gasteiger charge is -2.29. The zero-order valence-corrected chi connectivity index (χ0v) is 11.6. The van der Waals surface area contributed by atoms with E-state index in [1.807, 2.05) is 0 Å². The van der Waals surface area contributed by atoms with E-state index in [1.54, 1.807) is 0 Å². The molecule has 6 heteroatoms. The molecule has 1 aromatic rings. The Morgan fingerprint density at radius 1 is 1.29 bits per heavy atom. The minimum absolute atomic E-state index is 0.115. The maximum atomic E-state index is 12.6. The van der Waals surface area contributed by atoms with Gasteiger partial charge in [-0.3, -0.25) is 4.79 Å². The number of hydrogen-bond acceptors (Lipinski definition) is 2. The van der Waals surface area contributed by atoms with Crippen molar-refractivity contribution in [2.45, 2.75) is 31.9 Å². The Balaban J connectivity index is 2.08. The van der Waals surface area contributed by atoms with Crippen molar-refractivity contribution >= 4 is 11.6 Å². The SMILES string of the molecule is NCC1CCCCC1C(=O)Nc1cccc(C(F)(F)F)c1. The van der Waals surface area contributed by atoms with Crippen LogP contribution in [0.15, 0.2) is 24.3 Å². The smallest absolute Gasteiger partial charge is 0.330 e. The first-order chi connectivity index (χ1) is 9.91. The van der Waals surface area contributed by atoms with Crippen LogP contribution in [0.25, 0.3) is 0 Å². The number of rotatable bonds is 3. The molecule has 0 aromatic heterocycles. The molecule has 0 saturated heterocycles. The van der Waals surface area contributed by atoms with Crippen LogP contribution in [0.4, 0.5) is 18.9 Å². The van der Waals surface area contributed by atoms with Crippen molar-refractivity contribution in [1.29, 1.82) is 0 Å². The van der Waals surface area contributed by atoms with Crippen molar-refractivity contribution < 1.29 is 18.0 Å². The number of anilines is 1. The normalized spacial score (nSPS) is 22.9. The molecule has 3 N–H and O–H groups in total. The summed E-state index contributed by atoms with van der Waals surface area (Å²) in [6, 6.07) is 4.70. The molecule has 1 aromatic carbocycles. The number of alkyl halides is 3. The third-order valence-corrected chi connectivity index (χ3v) is 4.01. The van der Waals surface area contributed by atoms with Crippen LogP contribution in [0.3, 0.4) is 0 Å². The zero-order chi connectivity index (χ0) is 15.5. The van der Waals surface area contributed by atoms with Gasteiger partial charge in [-0.15, -0.1) is 0 Å². The Kier molecular flexibility index (Phi) is 4.88. The van der Waals surface area contributed by atoms with E-state index in [9.17, 15) is 18.0 Å². The Labute approximate surface area is 121 Å². The molecule has 0 radical (unpaired) electrons. The van der Waals surface area contributed by atoms with E-state index in [1.165, 1.54) is 12.1 Å². The summed E-state index contributed by atoms with van der Waals surface area (Å²) in [7, 11) is 0. The van der Waals surface area contributed by atoms with Gasteiger partial charge in [-0.05, 0) is 43.5 Å². The second-order valence-corrected chi connectivity index (χ2v) is 5.45. The fraction of sp³-hybridized carbons (Fsp3) is 0.533. The highest BCUT2D eigenvalue weighted by Crippen LogP contribution is 2.32. The second kappa shape index (κ2) is 6.47. The van der Waals surface area contributed by atoms with Gasteiger partial charge in [-0.2, -0.15) is 13.2 Å². The van der Waals surface area contributed by atoms with Crippen molar-refractivity contribution in [1.82, 2.24) is 0 Å². The lowest BCUT2D eigenvalue weighted by atomic mass is 9.78. The average Bonchev–Trinajstić information content (AvgIpc) is 2.46. The van der Waals surface area contributed by atoms with E-state index in [0.717, 1.165) is 37.8 Å². The molecule has 0 spiro atoms. The highest BCUT2D eigenvalue weighted by Gasteiger charge is 2.32. The number of hydrogen-bond donors (Lipinski definition) is 2. The second-order valence-electron chi connectivity index (χ2n) is 5.45. The predicted octanol–water partition coefficient (Wildman–Crippen LogP) is 3.41. The summed E-state index contributed by atoms with van der Waals surface area (Å²) in [5, 5.41) is 2.59. The van der Waals surface area contributed by atoms with Crippen LogP contribution in [0.5, 0.6) is 0 Å². The van der Waals surface area contributed by atoms with Gasteiger partial charge in [0.2, 0.25) is 5.91 Å². The Bertz CT molecular complexity index is 502. The molecule has 2 unspecified atom stereocenters. The first-order valence-electron chi connectivity index (χ1n) is 7.10. The molecule has 0 aliphatic heterocycles. The van der Waals surface area contributed by atoms with Crippen LogP contribution in [-0.4, -0.2) is 12.5 Å². The third kappa shape index (κ3) is 3.97. The Morgan fingerprint density at radius 3 is 2.67 bits per heavy atom. The summed E-state index contributed by atoms with van der Waals surface area (Å²) in [5.74, 6) is -0.327. The molecule has 21 heavy (non-hydrogen) atoms. The van der Waals surface area contributed by atoms with Gasteiger partial charge in [0, 0.05) is 11.6 Å². The average molecular weight is 300 g/mol. The zero-order valence-electron chi connectivity index (χ0n) is 11.6. The first-order valence-corrected chi connectivity index (χ1v) is 7.10. The van der Waals surface area contributed by atoms with Gasteiger partial charge < -0.3 is 11.1 Å². The summed E-state index contributed by atoms with van der Waals surface area (Å²) in [6.45, 7) is 0.431. The number of amides is 1. The molecule has 1 amide bonds. The molecule has 1 saturated carbocycles. The van der Waals surface area contributed by atoms with Crippen LogP contribution >= 0.6 is 0 Å². The molecular weight excluding hydrogens is 281 g/mol. The molecule has 0 heterocycles. The predicted molar refractivity (Wildman–Crippen MR) is 74.6 cm³/mol. The molecule has 2 rings (SSSR count). The number of benzene rings is 1. The molecule has 3 nitrogen and oxygen atoms in total. The fourth-order valence-corrected chi connectivity index (χ4v) is 2.84. The van der Waals surface area contributed by atoms with Crippen molar-refractivity contribution in [2.24, 2.45) is 17.6 Å². The quantitative estimate of drug-likeness (QED) is 0.899. The van der Waals surface area contributed by atoms with Crippen LogP contribution in [0.1, 0.15) is 31.2 Å². The molecular formula is C15H19F3N2O. The van der Waals surface area contributed by atoms with Gasteiger partial charge in [-0.1, -0.05) is 18.9 Å². The molecule has 1 aliphatic carbocycles. The van der Waals surface area contributed by atoms with Crippen LogP contribution in [0.2, 0.25) is 0 Å². The van der Waals surface area contributed by atoms with Crippen LogP contribution in [0, 0.1) is 11.8 Å². The van der Waals surface area contributed by atoms with Crippen LogP contribution < -0.4 is 11.1 Å². The first kappa shape index (κ1) is 15.8. The molecule has 1 fully saturated rings. The van der Waals surface area contributed by atoms with Crippen molar-refractivity contribution in [3.8, 4) is 0 Å². The molecule has 116 valence electrons. The Morgan fingerprint density at radius 2 is 2.00 bits per heavy atom. The topological polar surface area (TPSA) is 55.1 Å². The van der Waals surface area contributed by atoms with Crippen molar-refractivity contribution in [3.63, 3.8) is 0 Å². The fourth-order valence-electron chi connectivity index (χ4n) is 2.84. The van der Waals surface area contributed by atoms with E-state index in [2.05, 4.69) is 5.32 Å². The summed E-state index contributed by atoms with van der Waals surface area (Å²) in [5.41, 5.74) is 5.09. The minimum atomic E-state index is -4.41. The number of nitrogens with two attached hydrogens (primary N) is 1. The van der Waals surface area contributed by atoms with E-state index in [4.69, 9.17) is 5.73 Å². The van der Waals surface area contributed by atoms with E-state index in [0.29, 0.717) is 6.54 Å². The standard InChI is InChI=1S/C15H19F3N2O/c16-15(17,18)11-5-3-6-12(8-11)20-14(21)13-7-2-1-4-10(13)9-19/h3,5-6,8,10,13H,1-2,4,7,9,19H2,(H,20,21). The molecule has 2 atom stereocenters. The van der Waals surface area contributed by atoms with Gasteiger partial charge in [0.05, 0.1) is 5.56 Å². The number of carbonyl (C=O) groups excluding carboxylic acids is 1. The monoisotopic (exact) mass is 300 g/mol. The number of nitrogens with one attached hydrogen (secondary N) is 1. The van der Waals surface area contributed by atoms with Gasteiger partial charge in [0.25, 0.3) is 0 Å². The highest BCUT2D eigenvalue weighted by atomic mass is 19.4. The van der Waals surface area contributed by atoms with Crippen molar-refractivity contribution in [3.05, 3.63) is 29.8 Å². The maximum Gasteiger partial charge on any atom is 0.416 e. The Hall–Kier alpha value is -1.56. The number of halogens is 3. The summed E-state index contributed by atoms with van der Waals surface area (Å²) >= 11 is 0. The molecule has 1 aliphatic rings. The summed E-state index contributed by atoms with van der Waals surface area (Å²) in [6.07, 6.45) is -0.762. The van der Waals surface area contributed by atoms with E-state index < -0.39 is 11.7 Å².